The van der Waals surface area contributed by atoms with Crippen LogP contribution in [0.15, 0.2) is 41.8 Å². The Morgan fingerprint density at radius 1 is 1.24 bits per heavy atom. The van der Waals surface area contributed by atoms with E-state index in [0.29, 0.717) is 0 Å². The van der Waals surface area contributed by atoms with Crippen molar-refractivity contribution in [2.75, 3.05) is 11.4 Å². The number of hydrogen-bond donors (Lipinski definition) is 0. The zero-order valence-corrected chi connectivity index (χ0v) is 14.0. The van der Waals surface area contributed by atoms with Crippen molar-refractivity contribution in [3.8, 4) is 0 Å². The van der Waals surface area contributed by atoms with E-state index in [9.17, 15) is 0 Å². The van der Waals surface area contributed by atoms with Gasteiger partial charge in [0.2, 0.25) is 0 Å². The highest BCUT2D eigenvalue weighted by Gasteiger charge is 2.20. The molecule has 0 fully saturated rings. The molecule has 0 N–H and O–H groups in total. The first-order valence-corrected chi connectivity index (χ1v) is 9.10. The molecule has 0 saturated carbocycles. The fraction of sp³-hybridized carbons (Fsp3) is 0.235. The van der Waals surface area contributed by atoms with Crippen LogP contribution in [0.3, 0.4) is 0 Å². The first kappa shape index (κ1) is 13.3. The van der Waals surface area contributed by atoms with Gasteiger partial charge in [-0.3, -0.25) is 0 Å². The highest BCUT2D eigenvalue weighted by molar-refractivity contribution is 9.08. The first-order chi connectivity index (χ1) is 10.3. The van der Waals surface area contributed by atoms with E-state index >= 15 is 0 Å². The number of benzene rings is 1. The SMILES string of the molecule is BrCc1cc2ccccc2nc1N1CCc2sccc2C1. The van der Waals surface area contributed by atoms with Crippen LogP contribution in [0.25, 0.3) is 10.9 Å². The molecule has 21 heavy (non-hydrogen) atoms. The molecule has 0 unspecified atom stereocenters. The summed E-state index contributed by atoms with van der Waals surface area (Å²) in [5.41, 5.74) is 3.81. The molecule has 0 radical (unpaired) electrons. The van der Waals surface area contributed by atoms with Crippen molar-refractivity contribution in [1.29, 1.82) is 0 Å². The Balaban J connectivity index is 1.79. The van der Waals surface area contributed by atoms with Gasteiger partial charge in [-0.25, -0.2) is 4.98 Å². The molecule has 0 bridgehead atoms. The van der Waals surface area contributed by atoms with E-state index in [2.05, 4.69) is 62.6 Å². The Morgan fingerprint density at radius 3 is 3.05 bits per heavy atom. The van der Waals surface area contributed by atoms with Crippen molar-refractivity contribution < 1.29 is 0 Å². The molecular formula is C17H15BrN2S. The van der Waals surface area contributed by atoms with Crippen LogP contribution in [-0.2, 0) is 18.3 Å². The third kappa shape index (κ3) is 2.36. The van der Waals surface area contributed by atoms with Gasteiger partial charge < -0.3 is 4.90 Å². The van der Waals surface area contributed by atoms with Gasteiger partial charge in [0.25, 0.3) is 0 Å². The lowest BCUT2D eigenvalue weighted by Crippen LogP contribution is -2.30. The van der Waals surface area contributed by atoms with Crippen LogP contribution in [0.1, 0.15) is 16.0 Å². The molecule has 3 aromatic rings. The summed E-state index contributed by atoms with van der Waals surface area (Å²) in [6, 6.07) is 12.9. The summed E-state index contributed by atoms with van der Waals surface area (Å²) < 4.78 is 0. The molecule has 4 rings (SSSR count). The highest BCUT2D eigenvalue weighted by Crippen LogP contribution is 2.31. The van der Waals surface area contributed by atoms with Crippen LogP contribution >= 0.6 is 27.3 Å². The molecule has 4 heteroatoms. The van der Waals surface area contributed by atoms with Crippen molar-refractivity contribution in [1.82, 2.24) is 4.98 Å². The molecular weight excluding hydrogens is 344 g/mol. The van der Waals surface area contributed by atoms with Crippen molar-refractivity contribution in [2.24, 2.45) is 0 Å². The van der Waals surface area contributed by atoms with E-state index in [4.69, 9.17) is 4.98 Å². The topological polar surface area (TPSA) is 16.1 Å². The molecule has 2 nitrogen and oxygen atoms in total. The zero-order chi connectivity index (χ0) is 14.2. The van der Waals surface area contributed by atoms with Gasteiger partial charge in [-0.1, -0.05) is 34.1 Å². The lowest BCUT2D eigenvalue weighted by atomic mass is 10.1. The zero-order valence-electron chi connectivity index (χ0n) is 11.6. The fourth-order valence-corrected chi connectivity index (χ4v) is 4.25. The Bertz CT molecular complexity index is 796. The predicted octanol–water partition coefficient (Wildman–Crippen LogP) is 4.75. The van der Waals surface area contributed by atoms with Crippen molar-refractivity contribution in [3.05, 3.63) is 57.8 Å². The van der Waals surface area contributed by atoms with Gasteiger partial charge in [-0.15, -0.1) is 11.3 Å². The lowest BCUT2D eigenvalue weighted by molar-refractivity contribution is 0.731. The van der Waals surface area contributed by atoms with Crippen LogP contribution in [0.4, 0.5) is 5.82 Å². The summed E-state index contributed by atoms with van der Waals surface area (Å²) in [7, 11) is 0. The summed E-state index contributed by atoms with van der Waals surface area (Å²) >= 11 is 5.50. The Labute approximate surface area is 136 Å². The quantitative estimate of drug-likeness (QED) is 0.614. The maximum Gasteiger partial charge on any atom is 0.133 e. The number of hydrogen-bond acceptors (Lipinski definition) is 3. The summed E-state index contributed by atoms with van der Waals surface area (Å²) in [4.78, 5) is 8.88. The largest absolute Gasteiger partial charge is 0.352 e. The highest BCUT2D eigenvalue weighted by atomic mass is 79.9. The second kappa shape index (κ2) is 5.43. The van der Waals surface area contributed by atoms with Gasteiger partial charge in [0.05, 0.1) is 5.52 Å². The third-order valence-electron chi connectivity index (χ3n) is 4.03. The van der Waals surface area contributed by atoms with Crippen LogP contribution < -0.4 is 4.90 Å². The minimum atomic E-state index is 0.840. The Morgan fingerprint density at radius 2 is 2.14 bits per heavy atom. The van der Waals surface area contributed by atoms with Crippen LogP contribution in [0, 0.1) is 0 Å². The molecule has 1 aromatic carbocycles. The predicted molar refractivity (Wildman–Crippen MR) is 93.4 cm³/mol. The second-order valence-corrected chi connectivity index (χ2v) is 6.90. The maximum atomic E-state index is 4.93. The summed E-state index contributed by atoms with van der Waals surface area (Å²) in [6.45, 7) is 2.03. The Kier molecular flexibility index (Phi) is 3.43. The summed E-state index contributed by atoms with van der Waals surface area (Å²) in [5, 5.41) is 4.25. The average molecular weight is 359 g/mol. The van der Waals surface area contributed by atoms with E-state index in [-0.39, 0.29) is 0 Å². The summed E-state index contributed by atoms with van der Waals surface area (Å²) in [5.74, 6) is 1.13. The number of pyridine rings is 1. The molecule has 1 aliphatic heterocycles. The van der Waals surface area contributed by atoms with Crippen molar-refractivity contribution in [3.63, 3.8) is 0 Å². The van der Waals surface area contributed by atoms with E-state index in [1.165, 1.54) is 21.4 Å². The number of fused-ring (bicyclic) bond motifs is 2. The van der Waals surface area contributed by atoms with Crippen molar-refractivity contribution in [2.45, 2.75) is 18.3 Å². The number of thiophene rings is 1. The van der Waals surface area contributed by atoms with Crippen LogP contribution in [-0.4, -0.2) is 11.5 Å². The maximum absolute atomic E-state index is 4.93. The monoisotopic (exact) mass is 358 g/mol. The minimum absolute atomic E-state index is 0.840. The second-order valence-electron chi connectivity index (χ2n) is 5.34. The van der Waals surface area contributed by atoms with E-state index in [1.807, 2.05) is 11.3 Å². The molecule has 0 saturated heterocycles. The molecule has 0 amide bonds. The molecule has 3 heterocycles. The normalized spacial score (nSPS) is 14.4. The third-order valence-corrected chi connectivity index (χ3v) is 5.66. The smallest absolute Gasteiger partial charge is 0.133 e. The minimum Gasteiger partial charge on any atom is -0.352 e. The average Bonchev–Trinajstić information content (AvgIpc) is 3.01. The molecule has 106 valence electrons. The van der Waals surface area contributed by atoms with Gasteiger partial charge in [-0.05, 0) is 35.6 Å². The lowest BCUT2D eigenvalue weighted by Gasteiger charge is -2.29. The van der Waals surface area contributed by atoms with Gasteiger partial charge in [0.1, 0.15) is 5.82 Å². The number of rotatable bonds is 2. The number of nitrogens with zero attached hydrogens (tertiary/aromatic N) is 2. The number of anilines is 1. The van der Waals surface area contributed by atoms with Gasteiger partial charge in [0.15, 0.2) is 0 Å². The first-order valence-electron chi connectivity index (χ1n) is 7.10. The van der Waals surface area contributed by atoms with Crippen LogP contribution in [0.5, 0.6) is 0 Å². The molecule has 2 aromatic heterocycles. The standard InChI is InChI=1S/C17H15BrN2S/c18-10-14-9-12-3-1-2-4-15(12)19-17(14)20-7-5-16-13(11-20)6-8-21-16/h1-4,6,8-9H,5,7,10-11H2. The van der Waals surface area contributed by atoms with Gasteiger partial charge in [0, 0.05) is 34.2 Å². The van der Waals surface area contributed by atoms with Gasteiger partial charge in [-0.2, -0.15) is 0 Å². The van der Waals surface area contributed by atoms with E-state index in [1.54, 1.807) is 0 Å². The molecule has 1 aliphatic rings. The van der Waals surface area contributed by atoms with E-state index in [0.717, 1.165) is 36.2 Å². The molecule has 0 atom stereocenters. The number of alkyl halides is 1. The van der Waals surface area contributed by atoms with Gasteiger partial charge >= 0.3 is 0 Å². The fourth-order valence-electron chi connectivity index (χ4n) is 2.95. The molecule has 0 aliphatic carbocycles. The number of para-hydroxylation sites is 1. The number of halogens is 1. The Hall–Kier alpha value is -1.39. The summed E-state index contributed by atoms with van der Waals surface area (Å²) in [6.07, 6.45) is 1.13. The van der Waals surface area contributed by atoms with Crippen LogP contribution in [0.2, 0.25) is 0 Å². The van der Waals surface area contributed by atoms with E-state index < -0.39 is 0 Å². The molecule has 0 spiro atoms. The number of aromatic nitrogens is 1. The van der Waals surface area contributed by atoms with Crippen molar-refractivity contribution >= 4 is 44.0 Å².